The van der Waals surface area contributed by atoms with E-state index in [0.717, 1.165) is 36.1 Å². The molecule has 1 aliphatic carbocycles. The van der Waals surface area contributed by atoms with Crippen molar-refractivity contribution >= 4 is 39.0 Å². The lowest BCUT2D eigenvalue weighted by atomic mass is 9.70. The van der Waals surface area contributed by atoms with Gasteiger partial charge in [0.05, 0.1) is 44.4 Å². The first-order chi connectivity index (χ1) is 24.1. The molecule has 3 aromatic rings. The number of halogens is 1. The Morgan fingerprint density at radius 3 is 2.36 bits per heavy atom. The van der Waals surface area contributed by atoms with Crippen molar-refractivity contribution in [3.8, 4) is 34.8 Å². The van der Waals surface area contributed by atoms with E-state index >= 15 is 0 Å². The fourth-order valence-corrected chi connectivity index (χ4v) is 7.33. The number of carbonyl (C=O) groups is 2. The van der Waals surface area contributed by atoms with Gasteiger partial charge in [-0.2, -0.15) is 5.26 Å². The average Bonchev–Trinajstić information content (AvgIpc) is 3.10. The Balaban J connectivity index is 1.39. The average molecular weight is 745 g/mol. The highest BCUT2D eigenvalue weighted by Crippen LogP contribution is 2.48. The van der Waals surface area contributed by atoms with Crippen molar-refractivity contribution in [2.75, 3.05) is 33.3 Å². The van der Waals surface area contributed by atoms with Crippen LogP contribution in [0.4, 0.5) is 5.69 Å². The van der Waals surface area contributed by atoms with Crippen molar-refractivity contribution in [2.24, 2.45) is 16.8 Å². The summed E-state index contributed by atoms with van der Waals surface area (Å²) in [6, 6.07) is 16.7. The number of nitrogens with one attached hydrogen (secondary N) is 1. The zero-order chi connectivity index (χ0) is 35.9. The lowest BCUT2D eigenvalue weighted by Gasteiger charge is -2.35. The van der Waals surface area contributed by atoms with Gasteiger partial charge in [0.15, 0.2) is 28.8 Å². The topological polar surface area (TPSA) is 128 Å². The molecule has 3 aromatic carbocycles. The van der Waals surface area contributed by atoms with E-state index in [-0.39, 0.29) is 24.2 Å². The number of allylic oxidation sites excluding steroid dienone is 2. The van der Waals surface area contributed by atoms with E-state index in [1.54, 1.807) is 18.2 Å². The number of anilines is 1. The minimum absolute atomic E-state index is 0.0675. The van der Waals surface area contributed by atoms with Gasteiger partial charge in [0.2, 0.25) is 5.75 Å². The van der Waals surface area contributed by atoms with E-state index in [2.05, 4.69) is 34.2 Å². The minimum Gasteiger partial charge on any atom is -0.493 e. The molecule has 3 unspecified atom stereocenters. The normalized spacial score (nSPS) is 18.4. The lowest BCUT2D eigenvalue weighted by molar-refractivity contribution is -0.117. The molecule has 0 saturated heterocycles. The fraction of sp³-hybridized carbons (Fsp3) is 0.385. The van der Waals surface area contributed by atoms with Crippen LogP contribution in [0.5, 0.6) is 28.7 Å². The molecule has 1 N–H and O–H groups in total. The molecule has 0 aromatic heterocycles. The number of rotatable bonds is 13. The third kappa shape index (κ3) is 7.65. The number of ketones is 1. The minimum atomic E-state index is -0.577. The van der Waals surface area contributed by atoms with Gasteiger partial charge in [0.25, 0.3) is 5.91 Å². The summed E-state index contributed by atoms with van der Waals surface area (Å²) in [5, 5.41) is 13.2. The number of ether oxygens (including phenoxy) is 5. The monoisotopic (exact) mass is 743 g/mol. The first kappa shape index (κ1) is 36.5. The maximum absolute atomic E-state index is 13.6. The highest BCUT2D eigenvalue weighted by atomic mass is 79.9. The van der Waals surface area contributed by atoms with E-state index in [1.165, 1.54) is 21.3 Å². The Morgan fingerprint density at radius 2 is 1.72 bits per heavy atom. The van der Waals surface area contributed by atoms with Crippen molar-refractivity contribution < 1.29 is 33.3 Å². The largest absolute Gasteiger partial charge is 0.493 e. The van der Waals surface area contributed by atoms with Crippen molar-refractivity contribution in [2.45, 2.75) is 59.0 Å². The van der Waals surface area contributed by atoms with Crippen molar-refractivity contribution in [3.63, 3.8) is 0 Å². The molecule has 3 atom stereocenters. The molecule has 1 heterocycles. The number of hydrogen-bond donors (Lipinski definition) is 1. The molecule has 2 aliphatic rings. The van der Waals surface area contributed by atoms with E-state index < -0.39 is 11.8 Å². The van der Waals surface area contributed by atoms with Crippen LogP contribution in [0.15, 0.2) is 69.3 Å². The molecule has 0 fully saturated rings. The number of methoxy groups -OCH3 is 3. The maximum atomic E-state index is 13.6. The van der Waals surface area contributed by atoms with Gasteiger partial charge in [-0.25, -0.2) is 0 Å². The molecule has 262 valence electrons. The van der Waals surface area contributed by atoms with Gasteiger partial charge < -0.3 is 29.0 Å². The van der Waals surface area contributed by atoms with Gasteiger partial charge in [-0.3, -0.25) is 14.6 Å². The van der Waals surface area contributed by atoms with Gasteiger partial charge in [-0.05, 0) is 96.1 Å². The number of hydrogen-bond acceptors (Lipinski definition) is 9. The van der Waals surface area contributed by atoms with Crippen LogP contribution in [-0.4, -0.2) is 45.3 Å². The number of Topliss-reactive ketones (excluding diaryl/α,β-unsaturated/α-hetero) is 1. The highest BCUT2D eigenvalue weighted by Gasteiger charge is 2.41. The maximum Gasteiger partial charge on any atom is 0.255 e. The number of carbonyl (C=O) groups excluding carboxylic acids is 2. The zero-order valence-electron chi connectivity index (χ0n) is 29.2. The van der Waals surface area contributed by atoms with E-state index in [4.69, 9.17) is 28.7 Å². The SMILES string of the molecule is CCCC1CC(=O)C2=C(C1)N=C(C)C(C#N)C2c1cc(Br)c(OCc2cccc(NC(=O)c3cc(OC)c(OC)c(OC)c3)c2)c(OCC)c1. The second kappa shape index (κ2) is 16.3. The number of benzene rings is 3. The first-order valence-corrected chi connectivity index (χ1v) is 17.5. The Morgan fingerprint density at radius 1 is 0.980 bits per heavy atom. The third-order valence-electron chi connectivity index (χ3n) is 8.99. The summed E-state index contributed by atoms with van der Waals surface area (Å²) in [6.45, 7) is 6.44. The Bertz CT molecular complexity index is 1850. The van der Waals surface area contributed by atoms with E-state index in [9.17, 15) is 14.9 Å². The lowest BCUT2D eigenvalue weighted by Crippen LogP contribution is -2.32. The van der Waals surface area contributed by atoms with Gasteiger partial charge in [-0.15, -0.1) is 0 Å². The van der Waals surface area contributed by atoms with Crippen molar-refractivity contribution in [3.05, 3.63) is 81.0 Å². The van der Waals surface area contributed by atoms with Crippen LogP contribution in [0.3, 0.4) is 0 Å². The van der Waals surface area contributed by atoms with Gasteiger partial charge in [-0.1, -0.05) is 25.5 Å². The summed E-state index contributed by atoms with van der Waals surface area (Å²) < 4.78 is 29.2. The van der Waals surface area contributed by atoms with Gasteiger partial charge in [0, 0.05) is 40.6 Å². The van der Waals surface area contributed by atoms with Crippen LogP contribution < -0.4 is 29.0 Å². The van der Waals surface area contributed by atoms with Crippen molar-refractivity contribution in [1.82, 2.24) is 0 Å². The molecule has 1 aliphatic heterocycles. The molecule has 5 rings (SSSR count). The molecule has 10 nitrogen and oxygen atoms in total. The number of nitrogens with zero attached hydrogens (tertiary/aromatic N) is 2. The Hall–Kier alpha value is -4.82. The Kier molecular flexibility index (Phi) is 11.9. The molecule has 50 heavy (non-hydrogen) atoms. The molecule has 0 bridgehead atoms. The second-order valence-corrected chi connectivity index (χ2v) is 13.2. The molecular formula is C39H42BrN3O7. The summed E-state index contributed by atoms with van der Waals surface area (Å²) in [4.78, 5) is 31.6. The number of aliphatic imine (C=N–C) groups is 1. The fourth-order valence-electron chi connectivity index (χ4n) is 6.76. The van der Waals surface area contributed by atoms with Crippen LogP contribution >= 0.6 is 15.9 Å². The summed E-state index contributed by atoms with van der Waals surface area (Å²) in [5.41, 5.74) is 4.67. The summed E-state index contributed by atoms with van der Waals surface area (Å²) in [5.74, 6) is 1.08. The quantitative estimate of drug-likeness (QED) is 0.185. The molecule has 11 heteroatoms. The van der Waals surface area contributed by atoms with Crippen LogP contribution in [0.1, 0.15) is 73.9 Å². The van der Waals surface area contributed by atoms with E-state index in [1.807, 2.05) is 44.2 Å². The molecule has 0 spiro atoms. The van der Waals surface area contributed by atoms with Crippen LogP contribution in [0.2, 0.25) is 0 Å². The zero-order valence-corrected chi connectivity index (χ0v) is 30.8. The van der Waals surface area contributed by atoms with Crippen molar-refractivity contribution in [1.29, 1.82) is 5.26 Å². The van der Waals surface area contributed by atoms with Crippen LogP contribution in [0.25, 0.3) is 0 Å². The predicted octanol–water partition coefficient (Wildman–Crippen LogP) is 8.44. The molecule has 0 radical (unpaired) electrons. The third-order valence-corrected chi connectivity index (χ3v) is 9.58. The smallest absolute Gasteiger partial charge is 0.255 e. The number of amides is 1. The molecular weight excluding hydrogens is 702 g/mol. The van der Waals surface area contributed by atoms with Crippen LogP contribution in [0, 0.1) is 23.2 Å². The first-order valence-electron chi connectivity index (χ1n) is 16.7. The van der Waals surface area contributed by atoms with E-state index in [0.29, 0.717) is 68.8 Å². The predicted molar refractivity (Wildman–Crippen MR) is 195 cm³/mol. The summed E-state index contributed by atoms with van der Waals surface area (Å²) in [6.07, 6.45) is 3.19. The standard InChI is InChI=1S/C39H42BrN3O7/c1-7-10-23-14-30-36(31(44)15-23)35(28(20-41)22(3)42-30)25-16-29(40)37(34(17-25)49-8-2)50-21-24-11-9-12-27(13-24)43-39(45)26-18-32(46-4)38(48-6)33(19-26)47-5/h9,11-13,16-19,23,28,35H,7-8,10,14-15,21H2,1-6H3,(H,43,45). The second-order valence-electron chi connectivity index (χ2n) is 12.3. The number of nitriles is 1. The Labute approximate surface area is 301 Å². The molecule has 1 amide bonds. The van der Waals surface area contributed by atoms with Gasteiger partial charge >= 0.3 is 0 Å². The summed E-state index contributed by atoms with van der Waals surface area (Å²) in [7, 11) is 4.49. The molecule has 0 saturated carbocycles. The van der Waals surface area contributed by atoms with Gasteiger partial charge in [0.1, 0.15) is 6.61 Å². The van der Waals surface area contributed by atoms with Crippen LogP contribution in [-0.2, 0) is 11.4 Å². The summed E-state index contributed by atoms with van der Waals surface area (Å²) >= 11 is 3.70. The highest BCUT2D eigenvalue weighted by molar-refractivity contribution is 9.10.